The van der Waals surface area contributed by atoms with Crippen molar-refractivity contribution in [3.63, 3.8) is 0 Å². The second kappa shape index (κ2) is 10.7. The molecule has 0 unspecified atom stereocenters. The predicted octanol–water partition coefficient (Wildman–Crippen LogP) is 7.31. The van der Waals surface area contributed by atoms with Crippen LogP contribution in [-0.2, 0) is 4.79 Å². The first-order chi connectivity index (χ1) is 15.0. The summed E-state index contributed by atoms with van der Waals surface area (Å²) in [6.45, 7) is 10.2. The molecule has 0 radical (unpaired) electrons. The number of ether oxygens (including phenoxy) is 1. The first-order valence-corrected chi connectivity index (χ1v) is 11.7. The number of carbonyl (C=O) groups is 1. The van der Waals surface area contributed by atoms with Crippen LogP contribution in [-0.4, -0.2) is 30.5 Å². The van der Waals surface area contributed by atoms with Crippen LogP contribution in [0.25, 0.3) is 27.7 Å². The van der Waals surface area contributed by atoms with Crippen LogP contribution in [0.1, 0.15) is 46.1 Å². The Morgan fingerprint density at radius 3 is 2.39 bits per heavy atom. The van der Waals surface area contributed by atoms with Gasteiger partial charge in [-0.2, -0.15) is 0 Å². The molecule has 0 N–H and O–H groups in total. The highest BCUT2D eigenvalue weighted by Gasteiger charge is 2.16. The zero-order valence-electron chi connectivity index (χ0n) is 18.7. The van der Waals surface area contributed by atoms with Crippen molar-refractivity contribution in [2.24, 2.45) is 0 Å². The lowest BCUT2D eigenvalue weighted by atomic mass is 9.99. The van der Waals surface area contributed by atoms with Gasteiger partial charge in [0, 0.05) is 46.2 Å². The lowest BCUT2D eigenvalue weighted by Gasteiger charge is -2.20. The number of benzene rings is 2. The molecule has 0 saturated carbocycles. The molecular formula is C26H30BrNO3. The van der Waals surface area contributed by atoms with Gasteiger partial charge in [0.05, 0.1) is 12.9 Å². The van der Waals surface area contributed by atoms with Crippen molar-refractivity contribution in [2.75, 3.05) is 19.7 Å². The van der Waals surface area contributed by atoms with Gasteiger partial charge in [-0.15, -0.1) is 0 Å². The van der Waals surface area contributed by atoms with Crippen molar-refractivity contribution in [1.82, 2.24) is 4.90 Å². The van der Waals surface area contributed by atoms with Gasteiger partial charge < -0.3 is 14.1 Å². The van der Waals surface area contributed by atoms with Crippen molar-refractivity contribution in [3.8, 4) is 16.9 Å². The molecule has 1 heterocycles. The molecule has 3 aromatic rings. The van der Waals surface area contributed by atoms with E-state index in [1.54, 1.807) is 12.3 Å². The van der Waals surface area contributed by atoms with E-state index in [1.807, 2.05) is 36.9 Å². The van der Waals surface area contributed by atoms with Crippen LogP contribution in [0.2, 0.25) is 0 Å². The molecule has 0 aliphatic carbocycles. The van der Waals surface area contributed by atoms with Crippen LogP contribution in [0.4, 0.5) is 0 Å². The van der Waals surface area contributed by atoms with Gasteiger partial charge in [-0.05, 0) is 56.0 Å². The third-order valence-corrected chi connectivity index (χ3v) is 5.72. The third-order valence-electron chi connectivity index (χ3n) is 5.19. The molecule has 0 saturated heterocycles. The van der Waals surface area contributed by atoms with Crippen molar-refractivity contribution in [2.45, 2.75) is 40.5 Å². The number of rotatable bonds is 9. The van der Waals surface area contributed by atoms with E-state index < -0.39 is 0 Å². The van der Waals surface area contributed by atoms with Crippen molar-refractivity contribution >= 4 is 38.4 Å². The Morgan fingerprint density at radius 2 is 1.77 bits per heavy atom. The molecule has 3 rings (SSSR count). The molecule has 164 valence electrons. The Morgan fingerprint density at radius 1 is 1.10 bits per heavy atom. The summed E-state index contributed by atoms with van der Waals surface area (Å²) >= 11 is 3.49. The molecular weight excluding hydrogens is 454 g/mol. The van der Waals surface area contributed by atoms with Gasteiger partial charge in [-0.3, -0.25) is 4.79 Å². The summed E-state index contributed by atoms with van der Waals surface area (Å²) in [5.41, 5.74) is 4.66. The molecule has 0 aliphatic rings. The number of hydrogen-bond acceptors (Lipinski definition) is 3. The number of nitrogens with zero attached hydrogens (tertiary/aromatic N) is 1. The number of furan rings is 1. The summed E-state index contributed by atoms with van der Waals surface area (Å²) in [4.78, 5) is 14.8. The maximum absolute atomic E-state index is 12.9. The zero-order chi connectivity index (χ0) is 22.4. The number of fused-ring (bicyclic) bond motifs is 1. The third kappa shape index (κ3) is 5.40. The fourth-order valence-electron chi connectivity index (χ4n) is 3.72. The maximum atomic E-state index is 12.9. The molecule has 1 aromatic heterocycles. The Labute approximate surface area is 193 Å². The van der Waals surface area contributed by atoms with Crippen LogP contribution in [0.3, 0.4) is 0 Å². The molecule has 0 fully saturated rings. The molecule has 0 spiro atoms. The molecule has 0 atom stereocenters. The highest BCUT2D eigenvalue weighted by Crippen LogP contribution is 2.37. The summed E-state index contributed by atoms with van der Waals surface area (Å²) in [7, 11) is 0. The van der Waals surface area contributed by atoms with Gasteiger partial charge in [0.2, 0.25) is 5.91 Å². The SMILES string of the molecule is CCCN(CCC)C(=O)/C=C(\C)c1cc2c(-c3ccc(Br)cc3)coc2cc1OCC. The monoisotopic (exact) mass is 483 g/mol. The highest BCUT2D eigenvalue weighted by molar-refractivity contribution is 9.10. The maximum Gasteiger partial charge on any atom is 0.246 e. The molecule has 0 bridgehead atoms. The number of carbonyl (C=O) groups excluding carboxylic acids is 1. The van der Waals surface area contributed by atoms with E-state index >= 15 is 0 Å². The first-order valence-electron chi connectivity index (χ1n) is 10.9. The largest absolute Gasteiger partial charge is 0.493 e. The van der Waals surface area contributed by atoms with E-state index in [2.05, 4.69) is 48.0 Å². The quantitative estimate of drug-likeness (QED) is 0.299. The standard InChI is InChI=1S/C26H30BrNO3/c1-5-12-28(13-6-2)26(29)14-18(4)21-15-22-23(19-8-10-20(27)11-9-19)17-31-25(22)16-24(21)30-7-3/h8-11,14-17H,5-7,12-13H2,1-4H3/b18-14+. The van der Waals surface area contributed by atoms with Gasteiger partial charge in [-0.25, -0.2) is 0 Å². The van der Waals surface area contributed by atoms with Crippen molar-refractivity contribution in [3.05, 3.63) is 58.8 Å². The Kier molecular flexibility index (Phi) is 7.97. The average molecular weight is 484 g/mol. The second-order valence-electron chi connectivity index (χ2n) is 7.59. The van der Waals surface area contributed by atoms with Gasteiger partial charge in [-0.1, -0.05) is 41.9 Å². The fraction of sp³-hybridized carbons (Fsp3) is 0.346. The molecule has 4 nitrogen and oxygen atoms in total. The average Bonchev–Trinajstić information content (AvgIpc) is 3.16. The minimum atomic E-state index is 0.0454. The normalized spacial score (nSPS) is 11.7. The summed E-state index contributed by atoms with van der Waals surface area (Å²) in [5.74, 6) is 0.773. The Hall–Kier alpha value is -2.53. The number of halogens is 1. The number of allylic oxidation sites excluding steroid dienone is 1. The van der Waals surface area contributed by atoms with E-state index in [0.717, 1.165) is 69.4 Å². The topological polar surface area (TPSA) is 42.7 Å². The van der Waals surface area contributed by atoms with E-state index in [1.165, 1.54) is 0 Å². The van der Waals surface area contributed by atoms with Gasteiger partial charge in [0.25, 0.3) is 0 Å². The van der Waals surface area contributed by atoms with Gasteiger partial charge >= 0.3 is 0 Å². The Balaban J connectivity index is 2.06. The Bertz CT molecular complexity index is 1060. The zero-order valence-corrected chi connectivity index (χ0v) is 20.3. The summed E-state index contributed by atoms with van der Waals surface area (Å²) in [6.07, 6.45) is 5.40. The van der Waals surface area contributed by atoms with Crippen molar-refractivity contribution < 1.29 is 13.9 Å². The molecule has 1 amide bonds. The first kappa shape index (κ1) is 23.1. The summed E-state index contributed by atoms with van der Waals surface area (Å²) in [6, 6.07) is 12.2. The van der Waals surface area contributed by atoms with Crippen LogP contribution in [0.5, 0.6) is 5.75 Å². The molecule has 2 aromatic carbocycles. The van der Waals surface area contributed by atoms with Crippen LogP contribution in [0.15, 0.2) is 57.6 Å². The molecule has 5 heteroatoms. The number of hydrogen-bond donors (Lipinski definition) is 0. The smallest absolute Gasteiger partial charge is 0.246 e. The van der Waals surface area contributed by atoms with E-state index in [4.69, 9.17) is 9.15 Å². The second-order valence-corrected chi connectivity index (χ2v) is 8.50. The molecule has 0 aliphatic heterocycles. The summed E-state index contributed by atoms with van der Waals surface area (Å²) in [5, 5.41) is 1.000. The van der Waals surface area contributed by atoms with Gasteiger partial charge in [0.1, 0.15) is 11.3 Å². The van der Waals surface area contributed by atoms with Crippen LogP contribution >= 0.6 is 15.9 Å². The predicted molar refractivity (Wildman–Crippen MR) is 131 cm³/mol. The lowest BCUT2D eigenvalue weighted by molar-refractivity contribution is -0.126. The van der Waals surface area contributed by atoms with E-state index in [9.17, 15) is 4.79 Å². The molecule has 31 heavy (non-hydrogen) atoms. The minimum absolute atomic E-state index is 0.0454. The van der Waals surface area contributed by atoms with Gasteiger partial charge in [0.15, 0.2) is 0 Å². The van der Waals surface area contributed by atoms with Crippen molar-refractivity contribution in [1.29, 1.82) is 0 Å². The van der Waals surface area contributed by atoms with E-state index in [0.29, 0.717) is 6.61 Å². The van der Waals surface area contributed by atoms with E-state index in [-0.39, 0.29) is 5.91 Å². The fourth-order valence-corrected chi connectivity index (χ4v) is 3.98. The lowest BCUT2D eigenvalue weighted by Crippen LogP contribution is -2.31. The summed E-state index contributed by atoms with van der Waals surface area (Å²) < 4.78 is 12.8. The number of amides is 1. The minimum Gasteiger partial charge on any atom is -0.493 e. The van der Waals surface area contributed by atoms with Crippen LogP contribution in [0, 0.1) is 0 Å². The van der Waals surface area contributed by atoms with Crippen LogP contribution < -0.4 is 4.74 Å². The highest BCUT2D eigenvalue weighted by atomic mass is 79.9.